The van der Waals surface area contributed by atoms with Crippen LogP contribution in [0.1, 0.15) is 57.4 Å². The number of ether oxygens (including phenoxy) is 3. The minimum Gasteiger partial charge on any atom is -0.469 e. The maximum absolute atomic E-state index is 11.7. The molecule has 132 valence electrons. The zero-order valence-corrected chi connectivity index (χ0v) is 14.9. The van der Waals surface area contributed by atoms with E-state index in [-0.39, 0.29) is 18.2 Å². The Bertz CT molecular complexity index is 541. The van der Waals surface area contributed by atoms with Gasteiger partial charge in [0, 0.05) is 12.3 Å². The molecule has 0 bridgehead atoms. The van der Waals surface area contributed by atoms with E-state index in [0.29, 0.717) is 6.42 Å². The summed E-state index contributed by atoms with van der Waals surface area (Å²) >= 11 is 0. The van der Waals surface area contributed by atoms with Crippen LogP contribution in [0.5, 0.6) is 5.75 Å². The van der Waals surface area contributed by atoms with Crippen LogP contribution in [0.3, 0.4) is 0 Å². The topological polar surface area (TPSA) is 44.8 Å². The van der Waals surface area contributed by atoms with Crippen molar-refractivity contribution in [2.24, 2.45) is 0 Å². The first-order chi connectivity index (χ1) is 11.6. The molecule has 1 saturated heterocycles. The first kappa shape index (κ1) is 18.5. The van der Waals surface area contributed by atoms with Crippen molar-refractivity contribution in [2.45, 2.75) is 58.2 Å². The highest BCUT2D eigenvalue weighted by atomic mass is 16.7. The van der Waals surface area contributed by atoms with Gasteiger partial charge in [-0.1, -0.05) is 30.7 Å². The summed E-state index contributed by atoms with van der Waals surface area (Å²) in [7, 11) is 1.43. The smallest absolute Gasteiger partial charge is 0.306 e. The lowest BCUT2D eigenvalue weighted by molar-refractivity contribution is -0.140. The summed E-state index contributed by atoms with van der Waals surface area (Å²) in [6.45, 7) is 4.97. The number of hydrogen-bond acceptors (Lipinski definition) is 4. The van der Waals surface area contributed by atoms with Gasteiger partial charge in [0.25, 0.3) is 0 Å². The van der Waals surface area contributed by atoms with E-state index in [0.717, 1.165) is 43.6 Å². The van der Waals surface area contributed by atoms with Crippen LogP contribution < -0.4 is 4.74 Å². The molecule has 1 aromatic rings. The van der Waals surface area contributed by atoms with Crippen molar-refractivity contribution >= 4 is 5.97 Å². The predicted octanol–water partition coefficient (Wildman–Crippen LogP) is 4.60. The lowest BCUT2D eigenvalue weighted by Crippen LogP contribution is -2.24. The third-order valence-corrected chi connectivity index (χ3v) is 4.37. The Labute approximate surface area is 144 Å². The predicted molar refractivity (Wildman–Crippen MR) is 94.1 cm³/mol. The van der Waals surface area contributed by atoms with Gasteiger partial charge in [0.2, 0.25) is 0 Å². The molecule has 1 aromatic carbocycles. The normalized spacial score (nSPS) is 19.6. The van der Waals surface area contributed by atoms with Gasteiger partial charge < -0.3 is 14.2 Å². The molecule has 0 radical (unpaired) electrons. The van der Waals surface area contributed by atoms with Gasteiger partial charge in [-0.3, -0.25) is 4.79 Å². The molecule has 2 atom stereocenters. The van der Waals surface area contributed by atoms with E-state index in [1.54, 1.807) is 0 Å². The highest BCUT2D eigenvalue weighted by Crippen LogP contribution is 2.27. The third kappa shape index (κ3) is 5.68. The first-order valence-corrected chi connectivity index (χ1v) is 8.74. The molecule has 1 unspecified atom stereocenters. The molecule has 4 heteroatoms. The fourth-order valence-corrected chi connectivity index (χ4v) is 2.75. The van der Waals surface area contributed by atoms with Crippen LogP contribution in [-0.2, 0) is 14.3 Å². The fourth-order valence-electron chi connectivity index (χ4n) is 2.75. The fraction of sp³-hybridized carbons (Fsp3) is 0.550. The highest BCUT2D eigenvalue weighted by Gasteiger charge is 2.17. The molecular weight excluding hydrogens is 304 g/mol. The zero-order valence-electron chi connectivity index (χ0n) is 14.9. The largest absolute Gasteiger partial charge is 0.469 e. The van der Waals surface area contributed by atoms with Gasteiger partial charge in [-0.05, 0) is 43.9 Å². The third-order valence-electron chi connectivity index (χ3n) is 4.37. The van der Waals surface area contributed by atoms with Crippen LogP contribution in [0.4, 0.5) is 0 Å². The van der Waals surface area contributed by atoms with Crippen LogP contribution in [0.15, 0.2) is 35.9 Å². The van der Waals surface area contributed by atoms with Crippen LogP contribution in [0.2, 0.25) is 0 Å². The Hall–Kier alpha value is -1.81. The molecule has 2 rings (SSSR count). The van der Waals surface area contributed by atoms with E-state index in [9.17, 15) is 4.79 Å². The summed E-state index contributed by atoms with van der Waals surface area (Å²) in [5, 5.41) is 0. The summed E-state index contributed by atoms with van der Waals surface area (Å²) < 4.78 is 16.3. The van der Waals surface area contributed by atoms with E-state index >= 15 is 0 Å². The van der Waals surface area contributed by atoms with Crippen molar-refractivity contribution in [3.05, 3.63) is 41.5 Å². The van der Waals surface area contributed by atoms with Gasteiger partial charge in [0.1, 0.15) is 5.75 Å². The van der Waals surface area contributed by atoms with Gasteiger partial charge in [-0.25, -0.2) is 0 Å². The highest BCUT2D eigenvalue weighted by molar-refractivity contribution is 5.70. The number of esters is 1. The summed E-state index contributed by atoms with van der Waals surface area (Å²) in [6.07, 6.45) is 6.51. The Balaban J connectivity index is 2.07. The van der Waals surface area contributed by atoms with E-state index in [1.807, 2.05) is 24.3 Å². The Kier molecular flexibility index (Phi) is 7.32. The molecule has 0 saturated carbocycles. The summed E-state index contributed by atoms with van der Waals surface area (Å²) in [6, 6.07) is 7.94. The number of hydrogen-bond donors (Lipinski definition) is 0. The molecule has 1 fully saturated rings. The number of benzene rings is 1. The molecule has 4 nitrogen and oxygen atoms in total. The molecule has 0 amide bonds. The number of methoxy groups -OCH3 is 1. The van der Waals surface area contributed by atoms with Gasteiger partial charge in [-0.2, -0.15) is 0 Å². The van der Waals surface area contributed by atoms with Crippen LogP contribution in [0, 0.1) is 0 Å². The van der Waals surface area contributed by atoms with E-state index in [1.165, 1.54) is 12.7 Å². The lowest BCUT2D eigenvalue weighted by Gasteiger charge is -2.23. The van der Waals surface area contributed by atoms with Crippen molar-refractivity contribution in [1.29, 1.82) is 0 Å². The van der Waals surface area contributed by atoms with Crippen molar-refractivity contribution < 1.29 is 19.0 Å². The average molecular weight is 332 g/mol. The monoisotopic (exact) mass is 332 g/mol. The average Bonchev–Trinajstić information content (AvgIpc) is 2.62. The van der Waals surface area contributed by atoms with E-state index in [4.69, 9.17) is 14.2 Å². The minimum atomic E-state index is -0.198. The molecule has 0 aromatic heterocycles. The van der Waals surface area contributed by atoms with Crippen LogP contribution >= 0.6 is 0 Å². The maximum atomic E-state index is 11.7. The molecule has 24 heavy (non-hydrogen) atoms. The Morgan fingerprint density at radius 3 is 2.67 bits per heavy atom. The molecule has 1 aliphatic rings. The first-order valence-electron chi connectivity index (χ1n) is 8.74. The van der Waals surface area contributed by atoms with Gasteiger partial charge in [-0.15, -0.1) is 0 Å². The molecule has 0 spiro atoms. The second kappa shape index (κ2) is 9.48. The van der Waals surface area contributed by atoms with Crippen molar-refractivity contribution in [2.75, 3.05) is 13.7 Å². The molecule has 0 N–H and O–H groups in total. The van der Waals surface area contributed by atoms with Crippen molar-refractivity contribution in [3.63, 3.8) is 0 Å². The van der Waals surface area contributed by atoms with Gasteiger partial charge in [0.05, 0.1) is 20.1 Å². The molecule has 0 aliphatic carbocycles. The molecule has 1 aliphatic heterocycles. The summed E-state index contributed by atoms with van der Waals surface area (Å²) in [4.78, 5) is 11.7. The quantitative estimate of drug-likeness (QED) is 0.541. The summed E-state index contributed by atoms with van der Waals surface area (Å²) in [5.74, 6) is 0.632. The van der Waals surface area contributed by atoms with Crippen molar-refractivity contribution in [1.82, 2.24) is 0 Å². The molecular formula is C20H28O4. The Morgan fingerprint density at radius 1 is 1.33 bits per heavy atom. The van der Waals surface area contributed by atoms with Crippen LogP contribution in [-0.4, -0.2) is 26.0 Å². The number of allylic oxidation sites excluding steroid dienone is 2. The maximum Gasteiger partial charge on any atom is 0.306 e. The van der Waals surface area contributed by atoms with Crippen molar-refractivity contribution in [3.8, 4) is 5.75 Å². The molecule has 1 heterocycles. The number of carbonyl (C=O) groups is 1. The number of carbonyl (C=O) groups excluding carboxylic acids is 1. The second-order valence-corrected chi connectivity index (χ2v) is 6.24. The van der Waals surface area contributed by atoms with Gasteiger partial charge in [0.15, 0.2) is 6.29 Å². The minimum absolute atomic E-state index is 0.0254. The Morgan fingerprint density at radius 2 is 2.08 bits per heavy atom. The van der Waals surface area contributed by atoms with Crippen LogP contribution in [0.25, 0.3) is 0 Å². The SMILES string of the molecule is CC/C(C)=C/[C@@H](CC(=O)OC)c1ccc(OC2CCCCO2)cc1. The number of rotatable bonds is 7. The van der Waals surface area contributed by atoms with E-state index < -0.39 is 0 Å². The second-order valence-electron chi connectivity index (χ2n) is 6.24. The van der Waals surface area contributed by atoms with E-state index in [2.05, 4.69) is 19.9 Å². The lowest BCUT2D eigenvalue weighted by atomic mass is 9.93. The zero-order chi connectivity index (χ0) is 17.4. The summed E-state index contributed by atoms with van der Waals surface area (Å²) in [5.41, 5.74) is 2.35. The van der Waals surface area contributed by atoms with Gasteiger partial charge >= 0.3 is 5.97 Å². The standard InChI is InChI=1S/C20H28O4/c1-4-15(2)13-17(14-19(21)22-3)16-8-10-18(11-9-16)24-20-7-5-6-12-23-20/h8-11,13,17,20H,4-7,12,14H2,1-3H3/b15-13+/t17-,20?/m0/s1.